The average Bonchev–Trinajstić information content (AvgIpc) is 2.58. The largest absolute Gasteiger partial charge is 0.492 e. The molecule has 0 atom stereocenters. The number of ether oxygens (including phenoxy) is 1. The van der Waals surface area contributed by atoms with Crippen LogP contribution >= 0.6 is 23.2 Å². The molecule has 0 aliphatic carbocycles. The summed E-state index contributed by atoms with van der Waals surface area (Å²) in [6.07, 6.45) is 0. The Morgan fingerprint density at radius 3 is 2.26 bits per heavy atom. The Balaban J connectivity index is 0.000000337. The SMILES string of the molecule is CCOc1ccc([N+](C)=S(=O)=O)cc1S(=O)(=O)O.Nc1cc(Cl)ccc1Cl. The summed E-state index contributed by atoms with van der Waals surface area (Å²) >= 11 is 11.2. The number of hydrogen-bond donors (Lipinski definition) is 2. The lowest BCUT2D eigenvalue weighted by Gasteiger charge is -2.07. The summed E-state index contributed by atoms with van der Waals surface area (Å²) in [5.74, 6) is -0.0335. The molecule has 0 saturated heterocycles. The van der Waals surface area contributed by atoms with Gasteiger partial charge in [-0.1, -0.05) is 27.1 Å². The van der Waals surface area contributed by atoms with Crippen LogP contribution in [-0.4, -0.2) is 39.0 Å². The Kier molecular flexibility index (Phi) is 8.51. The second-order valence-corrected chi connectivity index (χ2v) is 8.14. The lowest BCUT2D eigenvalue weighted by atomic mass is 10.3. The van der Waals surface area contributed by atoms with Gasteiger partial charge in [0, 0.05) is 17.2 Å². The number of rotatable bonds is 4. The van der Waals surface area contributed by atoms with E-state index in [1.54, 1.807) is 25.1 Å². The van der Waals surface area contributed by atoms with Gasteiger partial charge >= 0.3 is 10.5 Å². The molecule has 3 N–H and O–H groups in total. The third kappa shape index (κ3) is 7.00. The van der Waals surface area contributed by atoms with E-state index in [9.17, 15) is 16.8 Å². The van der Waals surface area contributed by atoms with Crippen molar-refractivity contribution in [1.82, 2.24) is 0 Å². The predicted octanol–water partition coefficient (Wildman–Crippen LogP) is 3.24. The first-order valence-electron chi connectivity index (χ1n) is 7.25. The Morgan fingerprint density at radius 1 is 1.19 bits per heavy atom. The smallest absolute Gasteiger partial charge is 0.464 e. The highest BCUT2D eigenvalue weighted by atomic mass is 35.5. The van der Waals surface area contributed by atoms with Crippen LogP contribution in [-0.2, 0) is 20.6 Å². The summed E-state index contributed by atoms with van der Waals surface area (Å²) in [5, 5.41) is 1.15. The minimum atomic E-state index is -4.49. The van der Waals surface area contributed by atoms with Gasteiger partial charge in [-0.3, -0.25) is 4.55 Å². The molecular weight excluding hydrogens is 439 g/mol. The maximum Gasteiger partial charge on any atom is 0.464 e. The zero-order valence-electron chi connectivity index (χ0n) is 14.3. The summed E-state index contributed by atoms with van der Waals surface area (Å²) < 4.78 is 58.8. The second-order valence-electron chi connectivity index (χ2n) is 4.92. The van der Waals surface area contributed by atoms with Crippen LogP contribution in [0.4, 0.5) is 11.4 Å². The summed E-state index contributed by atoms with van der Waals surface area (Å²) in [6, 6.07) is 8.65. The minimum absolute atomic E-state index is 0.0335. The minimum Gasteiger partial charge on any atom is -0.492 e. The number of nitrogens with two attached hydrogens (primary N) is 1. The highest BCUT2D eigenvalue weighted by Gasteiger charge is 2.21. The molecule has 2 aromatic rings. The van der Waals surface area contributed by atoms with Crippen molar-refractivity contribution in [3.63, 3.8) is 0 Å². The number of benzene rings is 2. The monoisotopic (exact) mass is 455 g/mol. The molecule has 0 heterocycles. The first-order valence-corrected chi connectivity index (χ1v) is 10.5. The first-order chi connectivity index (χ1) is 12.5. The van der Waals surface area contributed by atoms with Crippen LogP contribution in [0.1, 0.15) is 6.92 Å². The lowest BCUT2D eigenvalue weighted by molar-refractivity contribution is -0.377. The van der Waals surface area contributed by atoms with E-state index in [1.165, 1.54) is 19.2 Å². The summed E-state index contributed by atoms with van der Waals surface area (Å²) in [5.41, 5.74) is 6.02. The molecule has 0 aliphatic rings. The van der Waals surface area contributed by atoms with Gasteiger partial charge in [-0.2, -0.15) is 8.42 Å². The van der Waals surface area contributed by atoms with E-state index >= 15 is 0 Å². The highest BCUT2D eigenvalue weighted by molar-refractivity contribution is 7.86. The van der Waals surface area contributed by atoms with Crippen LogP contribution < -0.4 is 10.5 Å². The van der Waals surface area contributed by atoms with Crippen molar-refractivity contribution in [3.8, 4) is 5.75 Å². The van der Waals surface area contributed by atoms with Gasteiger partial charge in [-0.05, 0) is 31.2 Å². The van der Waals surface area contributed by atoms with Crippen LogP contribution in [0.2, 0.25) is 10.0 Å². The van der Waals surface area contributed by atoms with Gasteiger partial charge in [-0.15, -0.1) is 8.42 Å². The van der Waals surface area contributed by atoms with Gasteiger partial charge in [0.05, 0.1) is 17.3 Å². The topological polar surface area (TPSA) is 127 Å². The fourth-order valence-electron chi connectivity index (χ4n) is 1.77. The van der Waals surface area contributed by atoms with Crippen molar-refractivity contribution < 1.29 is 30.1 Å². The van der Waals surface area contributed by atoms with Crippen molar-refractivity contribution in [3.05, 3.63) is 46.4 Å². The molecule has 0 fully saturated rings. The van der Waals surface area contributed by atoms with Crippen molar-refractivity contribution in [2.24, 2.45) is 0 Å². The van der Waals surface area contributed by atoms with Gasteiger partial charge in [-0.25, -0.2) is 0 Å². The quantitative estimate of drug-likeness (QED) is 0.411. The Labute approximate surface area is 168 Å². The van der Waals surface area contributed by atoms with E-state index in [0.29, 0.717) is 15.7 Å². The van der Waals surface area contributed by atoms with Gasteiger partial charge in [0.15, 0.2) is 7.05 Å². The van der Waals surface area contributed by atoms with E-state index in [0.717, 1.165) is 10.0 Å². The number of anilines is 1. The van der Waals surface area contributed by atoms with E-state index in [2.05, 4.69) is 0 Å². The van der Waals surface area contributed by atoms with Gasteiger partial charge in [0.2, 0.25) is 5.69 Å². The Hall–Kier alpha value is -1.85. The van der Waals surface area contributed by atoms with Gasteiger partial charge < -0.3 is 10.5 Å². The Morgan fingerprint density at radius 2 is 1.81 bits per heavy atom. The molecule has 8 nitrogen and oxygen atoms in total. The fourth-order valence-corrected chi connectivity index (χ4v) is 3.00. The van der Waals surface area contributed by atoms with Crippen LogP contribution in [0.15, 0.2) is 41.3 Å². The van der Waals surface area contributed by atoms with Crippen LogP contribution in [0.25, 0.3) is 0 Å². The molecule has 0 bridgehead atoms. The molecule has 27 heavy (non-hydrogen) atoms. The van der Waals surface area contributed by atoms with Crippen molar-refractivity contribution in [2.75, 3.05) is 19.4 Å². The fraction of sp³-hybridized carbons (Fsp3) is 0.200. The predicted molar refractivity (Wildman–Crippen MR) is 103 cm³/mol. The maximum atomic E-state index is 11.2. The van der Waals surface area contributed by atoms with Crippen molar-refractivity contribution in [2.45, 2.75) is 11.8 Å². The molecule has 0 amide bonds. The zero-order valence-corrected chi connectivity index (χ0v) is 17.4. The lowest BCUT2D eigenvalue weighted by Crippen LogP contribution is -2.05. The van der Waals surface area contributed by atoms with Gasteiger partial charge in [0.25, 0.3) is 10.1 Å². The van der Waals surface area contributed by atoms with E-state index < -0.39 is 25.5 Å². The zero-order chi connectivity index (χ0) is 20.8. The molecule has 0 radical (unpaired) electrons. The average molecular weight is 456 g/mol. The summed E-state index contributed by atoms with van der Waals surface area (Å²) in [4.78, 5) is -0.473. The molecule has 0 aliphatic heterocycles. The summed E-state index contributed by atoms with van der Waals surface area (Å²) in [7, 11) is -5.79. The second kappa shape index (κ2) is 9.90. The molecule has 0 aromatic heterocycles. The normalized spacial score (nSPS) is 10.6. The Bertz CT molecular complexity index is 1060. The van der Waals surface area contributed by atoms with Crippen LogP contribution in [0.3, 0.4) is 0 Å². The molecule has 0 unspecified atom stereocenters. The molecule has 2 rings (SSSR count). The van der Waals surface area contributed by atoms with Gasteiger partial charge in [0.1, 0.15) is 10.6 Å². The van der Waals surface area contributed by atoms with Crippen LogP contribution in [0.5, 0.6) is 5.75 Å². The molecule has 12 heteroatoms. The third-order valence-electron chi connectivity index (χ3n) is 3.05. The number of hydrogen-bond acceptors (Lipinski definition) is 6. The standard InChI is InChI=1S/C9H11NO6S2.C6H5Cl2N/c1-3-16-8-5-4-7(10(2)17(11)12)6-9(8)18(13,14)15;7-4-1-2-5(8)6(9)3-4/h4-6H,3H2,1-2H3;1-3H,9H2/p+1. The van der Waals surface area contributed by atoms with E-state index in [4.69, 9.17) is 38.2 Å². The third-order valence-corrected chi connectivity index (χ3v) is 5.16. The summed E-state index contributed by atoms with van der Waals surface area (Å²) in [6.45, 7) is 1.87. The first kappa shape index (κ1) is 23.2. The van der Waals surface area contributed by atoms with Crippen molar-refractivity contribution in [1.29, 1.82) is 0 Å². The molecule has 0 saturated carbocycles. The highest BCUT2D eigenvalue weighted by Crippen LogP contribution is 2.28. The number of nitrogens with zero attached hydrogens (tertiary/aromatic N) is 1. The van der Waals surface area contributed by atoms with E-state index in [-0.39, 0.29) is 18.0 Å². The van der Waals surface area contributed by atoms with Crippen LogP contribution in [0, 0.1) is 0 Å². The molecule has 0 spiro atoms. The number of halogens is 2. The number of nitrogen functional groups attached to an aromatic ring is 1. The molecular formula is C15H17Cl2N2O6S2+. The molecule has 148 valence electrons. The maximum absolute atomic E-state index is 11.2. The molecule has 2 aromatic carbocycles. The van der Waals surface area contributed by atoms with Crippen molar-refractivity contribution >= 4 is 55.2 Å². The van der Waals surface area contributed by atoms with E-state index in [1.807, 2.05) is 0 Å².